The zero-order chi connectivity index (χ0) is 20.3. The lowest BCUT2D eigenvalue weighted by molar-refractivity contribution is 0.0476. The van der Waals surface area contributed by atoms with Crippen molar-refractivity contribution < 1.29 is 19.3 Å². The molecule has 5 unspecified atom stereocenters. The number of hydrazone groups is 1. The second kappa shape index (κ2) is 6.69. The molecule has 3 heterocycles. The van der Waals surface area contributed by atoms with Crippen LogP contribution in [-0.4, -0.2) is 58.4 Å². The van der Waals surface area contributed by atoms with Crippen molar-refractivity contribution in [3.05, 3.63) is 53.5 Å². The highest BCUT2D eigenvalue weighted by atomic mass is 19.1. The first-order chi connectivity index (χ1) is 13.9. The van der Waals surface area contributed by atoms with Gasteiger partial charge in [-0.2, -0.15) is 5.10 Å². The number of nitrogens with zero attached hydrogens (tertiary/aromatic N) is 4. The van der Waals surface area contributed by atoms with E-state index < -0.39 is 24.5 Å². The lowest BCUT2D eigenvalue weighted by Gasteiger charge is -2.27. The van der Waals surface area contributed by atoms with Gasteiger partial charge in [0.15, 0.2) is 6.17 Å². The molecular formula is C21H21FN4O3. The lowest BCUT2D eigenvalue weighted by atomic mass is 9.92. The van der Waals surface area contributed by atoms with Crippen LogP contribution in [0.15, 0.2) is 62.8 Å². The summed E-state index contributed by atoms with van der Waals surface area (Å²) in [7, 11) is 0. The third-order valence-electron chi connectivity index (χ3n) is 5.72. The molecule has 2 N–H and O–H groups in total. The lowest BCUT2D eigenvalue weighted by Crippen LogP contribution is -2.42. The molecule has 0 bridgehead atoms. The fourth-order valence-electron chi connectivity index (χ4n) is 3.87. The minimum atomic E-state index is -1.10. The Morgan fingerprint density at radius 2 is 1.93 bits per heavy atom. The van der Waals surface area contributed by atoms with Gasteiger partial charge in [0.2, 0.25) is 0 Å². The van der Waals surface area contributed by atoms with Gasteiger partial charge in [-0.15, -0.1) is 0 Å². The first-order valence-electron chi connectivity index (χ1n) is 9.60. The molecule has 29 heavy (non-hydrogen) atoms. The predicted molar refractivity (Wildman–Crippen MR) is 108 cm³/mol. The zero-order valence-electron chi connectivity index (χ0n) is 16.0. The van der Waals surface area contributed by atoms with Crippen molar-refractivity contribution in [1.82, 2.24) is 0 Å². The topological polar surface area (TPSA) is 90.0 Å². The molecule has 0 amide bonds. The Balaban J connectivity index is 1.60. The summed E-state index contributed by atoms with van der Waals surface area (Å²) in [4.78, 5) is 9.67. The van der Waals surface area contributed by atoms with Gasteiger partial charge in [0.05, 0.1) is 23.7 Å². The number of anilines is 1. The van der Waals surface area contributed by atoms with Crippen LogP contribution in [0.1, 0.15) is 13.8 Å². The molecular weight excluding hydrogens is 375 g/mol. The smallest absolute Gasteiger partial charge is 0.187 e. The molecule has 5 atom stereocenters. The Bertz CT molecular complexity index is 1010. The molecule has 150 valence electrons. The van der Waals surface area contributed by atoms with Crippen LogP contribution in [0, 0.1) is 11.7 Å². The van der Waals surface area contributed by atoms with Crippen LogP contribution in [0.4, 0.5) is 10.1 Å². The van der Waals surface area contributed by atoms with E-state index in [9.17, 15) is 14.6 Å². The van der Waals surface area contributed by atoms with Gasteiger partial charge in [-0.1, -0.05) is 12.5 Å². The Kier molecular flexibility index (Phi) is 4.23. The number of hydrogen-bond donors (Lipinski definition) is 2. The maximum atomic E-state index is 13.4. The molecule has 7 nitrogen and oxygen atoms in total. The van der Waals surface area contributed by atoms with Crippen LogP contribution in [0.3, 0.4) is 0 Å². The Morgan fingerprint density at radius 3 is 2.62 bits per heavy atom. The average Bonchev–Trinajstić information content (AvgIpc) is 3.22. The molecule has 4 aliphatic rings. The highest BCUT2D eigenvalue weighted by Crippen LogP contribution is 2.33. The largest absolute Gasteiger partial charge is 0.388 e. The normalized spacial score (nSPS) is 33.3. The van der Waals surface area contributed by atoms with Gasteiger partial charge in [0.1, 0.15) is 35.6 Å². The van der Waals surface area contributed by atoms with E-state index >= 15 is 0 Å². The van der Waals surface area contributed by atoms with E-state index in [2.05, 4.69) is 25.0 Å². The minimum Gasteiger partial charge on any atom is -0.388 e. The number of aliphatic hydroxyl groups is 2. The van der Waals surface area contributed by atoms with Crippen molar-refractivity contribution in [3.63, 3.8) is 0 Å². The van der Waals surface area contributed by atoms with Gasteiger partial charge in [-0.25, -0.2) is 19.4 Å². The number of allylic oxidation sites excluding steroid dienone is 3. The summed E-state index contributed by atoms with van der Waals surface area (Å²) in [6.07, 6.45) is 0.643. The van der Waals surface area contributed by atoms with E-state index in [1.807, 2.05) is 6.08 Å². The highest BCUT2D eigenvalue weighted by Gasteiger charge is 2.47. The van der Waals surface area contributed by atoms with E-state index in [4.69, 9.17) is 14.7 Å². The van der Waals surface area contributed by atoms with E-state index in [-0.39, 0.29) is 18.3 Å². The molecule has 1 aromatic rings. The summed E-state index contributed by atoms with van der Waals surface area (Å²) in [6, 6.07) is 5.96. The maximum absolute atomic E-state index is 13.4. The predicted octanol–water partition coefficient (Wildman–Crippen LogP) is 1.82. The van der Waals surface area contributed by atoms with Gasteiger partial charge in [-0.3, -0.25) is 0 Å². The van der Waals surface area contributed by atoms with Crippen molar-refractivity contribution in [2.75, 3.05) is 11.6 Å². The number of ether oxygens (including phenoxy) is 1. The van der Waals surface area contributed by atoms with E-state index in [0.717, 1.165) is 11.4 Å². The van der Waals surface area contributed by atoms with Gasteiger partial charge < -0.3 is 14.9 Å². The van der Waals surface area contributed by atoms with Crippen LogP contribution in [0.2, 0.25) is 0 Å². The molecule has 0 aromatic heterocycles. The number of aliphatic imine (C=N–C) groups is 2. The van der Waals surface area contributed by atoms with Crippen LogP contribution in [0.25, 0.3) is 0 Å². The second-order valence-corrected chi connectivity index (χ2v) is 7.73. The number of benzene rings is 1. The van der Waals surface area contributed by atoms with Crippen LogP contribution >= 0.6 is 0 Å². The second-order valence-electron chi connectivity index (χ2n) is 7.73. The fraction of sp³-hybridized carbons (Fsp3) is 0.381. The third kappa shape index (κ3) is 2.95. The molecule has 1 saturated heterocycles. The van der Waals surface area contributed by atoms with Crippen molar-refractivity contribution >= 4 is 22.8 Å². The van der Waals surface area contributed by atoms with E-state index in [1.54, 1.807) is 17.1 Å². The standard InChI is InChI=1S/C21H21FN4O3/c1-10-7-14-15(8-11(10)2)24-21-18(23-14)17(20-19(28)16(27)9-29-20)25-26(21)13-5-3-12(22)4-6-13/h3-8,10,16,19-21,27-28H,9H2,1-2H3. The van der Waals surface area contributed by atoms with Crippen molar-refractivity contribution in [2.24, 2.45) is 21.0 Å². The number of hydrogen-bond acceptors (Lipinski definition) is 7. The zero-order valence-corrected chi connectivity index (χ0v) is 16.0. The molecule has 8 heteroatoms. The minimum absolute atomic E-state index is 0.0233. The number of halogens is 1. The van der Waals surface area contributed by atoms with Crippen LogP contribution < -0.4 is 5.01 Å². The summed E-state index contributed by atoms with van der Waals surface area (Å²) in [5, 5.41) is 26.6. The first kappa shape index (κ1) is 18.4. The first-order valence-corrected chi connectivity index (χ1v) is 9.60. The van der Waals surface area contributed by atoms with E-state index in [0.29, 0.717) is 17.1 Å². The Hall–Kier alpha value is -2.68. The van der Waals surface area contributed by atoms with Gasteiger partial charge >= 0.3 is 0 Å². The SMILES string of the molecule is CC1=CC2=NC3C(=NC2=CC1C)C(C1OCC(O)C1O)=NN3c1ccc(F)cc1. The quantitative estimate of drug-likeness (QED) is 0.798. The summed E-state index contributed by atoms with van der Waals surface area (Å²) in [5.41, 5.74) is 4.38. The maximum Gasteiger partial charge on any atom is 0.187 e. The highest BCUT2D eigenvalue weighted by molar-refractivity contribution is 6.49. The summed E-state index contributed by atoms with van der Waals surface area (Å²) in [6.45, 7) is 4.17. The number of aliphatic hydroxyl groups excluding tert-OH is 2. The van der Waals surface area contributed by atoms with Crippen molar-refractivity contribution in [1.29, 1.82) is 0 Å². The van der Waals surface area contributed by atoms with Gasteiger partial charge in [0.25, 0.3) is 0 Å². The van der Waals surface area contributed by atoms with Crippen molar-refractivity contribution in [2.45, 2.75) is 38.3 Å². The van der Waals surface area contributed by atoms with E-state index in [1.165, 1.54) is 17.7 Å². The molecule has 1 aliphatic carbocycles. The summed E-state index contributed by atoms with van der Waals surface area (Å²) in [5.74, 6) is -0.0984. The molecule has 0 spiro atoms. The average molecular weight is 396 g/mol. The molecule has 5 rings (SSSR count). The molecule has 1 fully saturated rings. The monoisotopic (exact) mass is 396 g/mol. The summed E-state index contributed by atoms with van der Waals surface area (Å²) >= 11 is 0. The molecule has 0 saturated carbocycles. The van der Waals surface area contributed by atoms with Crippen LogP contribution in [-0.2, 0) is 4.74 Å². The van der Waals surface area contributed by atoms with Crippen molar-refractivity contribution in [3.8, 4) is 0 Å². The Labute approximate surface area is 167 Å². The van der Waals surface area contributed by atoms with Crippen LogP contribution in [0.5, 0.6) is 0 Å². The van der Waals surface area contributed by atoms with Gasteiger partial charge in [-0.05, 0) is 49.3 Å². The fourth-order valence-corrected chi connectivity index (χ4v) is 3.87. The summed E-state index contributed by atoms with van der Waals surface area (Å²) < 4.78 is 19.0. The molecule has 3 aliphatic heterocycles. The Morgan fingerprint density at radius 1 is 1.17 bits per heavy atom. The van der Waals surface area contributed by atoms with Gasteiger partial charge in [0, 0.05) is 0 Å². The molecule has 0 radical (unpaired) electrons. The number of rotatable bonds is 2. The number of fused-ring (bicyclic) bond motifs is 2. The third-order valence-corrected chi connectivity index (χ3v) is 5.72. The molecule has 1 aromatic carbocycles.